The van der Waals surface area contributed by atoms with Gasteiger partial charge >= 0.3 is 12.2 Å². The quantitative estimate of drug-likeness (QED) is 0.426. The van der Waals surface area contributed by atoms with Gasteiger partial charge in [0.15, 0.2) is 10.7 Å². The average molecular weight is 242 g/mol. The molecule has 0 atom stereocenters. The molecule has 0 aromatic heterocycles. The van der Waals surface area contributed by atoms with Crippen LogP contribution in [0.25, 0.3) is 4.98 Å². The summed E-state index contributed by atoms with van der Waals surface area (Å²) in [5.41, 5.74) is 0. The maximum Gasteiger partial charge on any atom is 0.387 e. The van der Waals surface area contributed by atoms with Crippen LogP contribution in [0.2, 0.25) is 0 Å². The number of amides is 1. The Kier molecular flexibility index (Phi) is 7.10. The summed E-state index contributed by atoms with van der Waals surface area (Å²) in [4.78, 5) is 26.4. The van der Waals surface area contributed by atoms with Crippen molar-refractivity contribution in [3.63, 3.8) is 0 Å². The smallest absolute Gasteiger partial charge is 0.387 e. The first-order valence-electron chi connectivity index (χ1n) is 5.13. The minimum Gasteiger partial charge on any atom is -0.505 e. The molecule has 0 saturated carbocycles. The van der Waals surface area contributed by atoms with Crippen LogP contribution in [0.4, 0.5) is 0 Å². The zero-order valence-corrected chi connectivity index (χ0v) is 9.92. The number of allylic oxidation sites excluding steroid dienone is 1. The summed E-state index contributed by atoms with van der Waals surface area (Å²) in [5.74, 6) is -0.991. The van der Waals surface area contributed by atoms with Gasteiger partial charge in [0, 0.05) is 19.9 Å². The Morgan fingerprint density at radius 3 is 2.65 bits per heavy atom. The Hall–Kier alpha value is -2.10. The zero-order chi connectivity index (χ0) is 13.3. The fourth-order valence-electron chi connectivity index (χ4n) is 1.05. The van der Waals surface area contributed by atoms with E-state index in [1.54, 1.807) is 6.92 Å². The Labute approximate surface area is 99.3 Å². The first-order chi connectivity index (χ1) is 8.01. The van der Waals surface area contributed by atoms with E-state index in [9.17, 15) is 9.59 Å². The van der Waals surface area contributed by atoms with Gasteiger partial charge in [-0.3, -0.25) is 9.59 Å². The van der Waals surface area contributed by atoms with Gasteiger partial charge in [-0.15, -0.1) is 0 Å². The van der Waals surface area contributed by atoms with Crippen molar-refractivity contribution in [3.05, 3.63) is 16.9 Å². The summed E-state index contributed by atoms with van der Waals surface area (Å²) in [6.07, 6.45) is 0.919. The van der Waals surface area contributed by atoms with E-state index in [0.29, 0.717) is 0 Å². The van der Waals surface area contributed by atoms with Crippen LogP contribution in [0.3, 0.4) is 0 Å². The lowest BCUT2D eigenvalue weighted by Crippen LogP contribution is -2.32. The van der Waals surface area contributed by atoms with Crippen LogP contribution < -0.4 is 0 Å². The molecular weight excluding hydrogens is 226 g/mol. The molecule has 0 fully saturated rings. The van der Waals surface area contributed by atoms with Crippen LogP contribution in [-0.4, -0.2) is 42.1 Å². The summed E-state index contributed by atoms with van der Waals surface area (Å²) in [7, 11) is 1.47. The van der Waals surface area contributed by atoms with Crippen molar-refractivity contribution < 1.29 is 19.4 Å². The van der Waals surface area contributed by atoms with E-state index < -0.39 is 5.97 Å². The van der Waals surface area contributed by atoms with Crippen LogP contribution in [0.1, 0.15) is 19.8 Å². The molecule has 0 radical (unpaired) electrons. The van der Waals surface area contributed by atoms with Gasteiger partial charge in [-0.25, -0.2) is 0 Å². The second-order valence-electron chi connectivity index (χ2n) is 3.29. The van der Waals surface area contributed by atoms with Gasteiger partial charge in [0.1, 0.15) is 6.54 Å². The minimum atomic E-state index is -0.478. The lowest BCUT2D eigenvalue weighted by Gasteiger charge is -2.15. The van der Waals surface area contributed by atoms with Gasteiger partial charge in [-0.05, 0) is 6.92 Å². The van der Waals surface area contributed by atoms with Crippen LogP contribution in [0, 0.1) is 5.39 Å². The lowest BCUT2D eigenvalue weighted by molar-refractivity contribution is -0.148. The predicted octanol–water partition coefficient (Wildman–Crippen LogP) is 1.04. The van der Waals surface area contributed by atoms with Gasteiger partial charge in [0.25, 0.3) is 0 Å². The Morgan fingerprint density at radius 1 is 1.47 bits per heavy atom. The van der Waals surface area contributed by atoms with Crippen molar-refractivity contribution in [2.45, 2.75) is 19.8 Å². The number of diazo groups is 1. The molecule has 0 aromatic carbocycles. The molecule has 0 bridgehead atoms. The SMILES string of the molecule is CCOC(=O)CN(C)C(=O)CC/C(O)=C\[N+]#N. The second kappa shape index (κ2) is 8.10. The van der Waals surface area contributed by atoms with Gasteiger partial charge < -0.3 is 14.7 Å². The molecule has 0 unspecified atom stereocenters. The Balaban J connectivity index is 4.03. The Bertz CT molecular complexity index is 346. The molecular formula is C10H16N3O4+. The number of esters is 1. The molecule has 0 heterocycles. The highest BCUT2D eigenvalue weighted by atomic mass is 16.5. The molecule has 0 aliphatic heterocycles. The predicted molar refractivity (Wildman–Crippen MR) is 59.3 cm³/mol. The van der Waals surface area contributed by atoms with Gasteiger partial charge in [0.05, 0.1) is 6.61 Å². The topological polar surface area (TPSA) is 95.0 Å². The highest BCUT2D eigenvalue weighted by molar-refractivity contribution is 5.81. The van der Waals surface area contributed by atoms with E-state index in [-0.39, 0.29) is 37.7 Å². The van der Waals surface area contributed by atoms with Gasteiger partial charge in [-0.1, -0.05) is 0 Å². The summed E-state index contributed by atoms with van der Waals surface area (Å²) < 4.78 is 4.69. The number of nitrogens with zero attached hydrogens (tertiary/aromatic N) is 3. The molecule has 7 nitrogen and oxygen atoms in total. The molecule has 1 N–H and O–H groups in total. The summed E-state index contributed by atoms with van der Waals surface area (Å²) in [6, 6.07) is 0. The first kappa shape index (κ1) is 14.9. The number of hydrogen-bond acceptors (Lipinski definition) is 5. The number of hydrogen-bond donors (Lipinski definition) is 1. The van der Waals surface area contributed by atoms with Crippen molar-refractivity contribution in [2.75, 3.05) is 20.2 Å². The number of aliphatic hydroxyl groups excluding tert-OH is 1. The van der Waals surface area contributed by atoms with Crippen LogP contribution in [-0.2, 0) is 14.3 Å². The van der Waals surface area contributed by atoms with E-state index in [1.165, 1.54) is 11.9 Å². The van der Waals surface area contributed by atoms with Crippen LogP contribution >= 0.6 is 0 Å². The van der Waals surface area contributed by atoms with E-state index in [0.717, 1.165) is 6.20 Å². The van der Waals surface area contributed by atoms with Crippen molar-refractivity contribution in [1.29, 1.82) is 5.39 Å². The van der Waals surface area contributed by atoms with Crippen molar-refractivity contribution >= 4 is 11.9 Å². The highest BCUT2D eigenvalue weighted by Crippen LogP contribution is 2.03. The normalized spacial score (nSPS) is 10.5. The van der Waals surface area contributed by atoms with Crippen LogP contribution in [0.15, 0.2) is 12.0 Å². The molecule has 0 rings (SSSR count). The summed E-state index contributed by atoms with van der Waals surface area (Å²) >= 11 is 0. The molecule has 1 amide bonds. The molecule has 0 aliphatic carbocycles. The second-order valence-corrected chi connectivity index (χ2v) is 3.29. The number of rotatable bonds is 6. The highest BCUT2D eigenvalue weighted by Gasteiger charge is 2.14. The fraction of sp³-hybridized carbons (Fsp3) is 0.600. The molecule has 94 valence electrons. The molecule has 7 heteroatoms. The third-order valence-electron chi connectivity index (χ3n) is 1.90. The number of ether oxygens (including phenoxy) is 1. The minimum absolute atomic E-state index is 0.0216. The number of carbonyl (C=O) groups is 2. The first-order valence-corrected chi connectivity index (χ1v) is 5.13. The fourth-order valence-corrected chi connectivity index (χ4v) is 1.05. The third kappa shape index (κ3) is 6.89. The third-order valence-corrected chi connectivity index (χ3v) is 1.90. The lowest BCUT2D eigenvalue weighted by atomic mass is 10.2. The molecule has 0 aliphatic rings. The summed E-state index contributed by atoms with van der Waals surface area (Å²) in [5, 5.41) is 17.2. The number of carbonyl (C=O) groups excluding carboxylic acids is 2. The number of likely N-dealkylation sites (N-methyl/N-ethyl adjacent to an activating group) is 1. The van der Waals surface area contributed by atoms with E-state index in [4.69, 9.17) is 10.5 Å². The monoisotopic (exact) mass is 242 g/mol. The zero-order valence-electron chi connectivity index (χ0n) is 9.92. The maximum atomic E-state index is 11.5. The standard InChI is InChI=1S/C10H15N3O4/c1-3-17-10(16)7-13(2)9(15)5-4-8(14)6-12-11/h6H,3-5,7H2,1-2H3/p+1/b8-6+. The largest absolute Gasteiger partial charge is 0.505 e. The maximum absolute atomic E-state index is 11.5. The number of aliphatic hydroxyl groups is 1. The molecule has 0 spiro atoms. The van der Waals surface area contributed by atoms with E-state index >= 15 is 0 Å². The van der Waals surface area contributed by atoms with Crippen LogP contribution in [0.5, 0.6) is 0 Å². The van der Waals surface area contributed by atoms with E-state index in [1.807, 2.05) is 0 Å². The molecule has 17 heavy (non-hydrogen) atoms. The summed E-state index contributed by atoms with van der Waals surface area (Å²) in [6.45, 7) is 1.82. The molecule has 0 saturated heterocycles. The molecule has 0 aromatic rings. The Morgan fingerprint density at radius 2 is 2.12 bits per heavy atom. The van der Waals surface area contributed by atoms with Crippen molar-refractivity contribution in [1.82, 2.24) is 4.90 Å². The van der Waals surface area contributed by atoms with E-state index in [2.05, 4.69) is 9.71 Å². The van der Waals surface area contributed by atoms with Crippen molar-refractivity contribution in [3.8, 4) is 0 Å². The average Bonchev–Trinajstić information content (AvgIpc) is 2.26. The van der Waals surface area contributed by atoms with Gasteiger partial charge in [0.2, 0.25) is 11.3 Å². The van der Waals surface area contributed by atoms with Gasteiger partial charge in [-0.2, -0.15) is 0 Å². The van der Waals surface area contributed by atoms with Crippen molar-refractivity contribution in [2.24, 2.45) is 0 Å².